The van der Waals surface area contributed by atoms with Crippen molar-refractivity contribution in [1.82, 2.24) is 9.78 Å². The number of nitrogens with zero attached hydrogens (tertiary/aromatic N) is 2. The van der Waals surface area contributed by atoms with Gasteiger partial charge in [-0.25, -0.2) is 4.68 Å². The van der Waals surface area contributed by atoms with Crippen LogP contribution in [0.5, 0.6) is 5.75 Å². The van der Waals surface area contributed by atoms with Gasteiger partial charge < -0.3 is 15.8 Å². The first-order valence-corrected chi connectivity index (χ1v) is 8.15. The Bertz CT molecular complexity index is 1100. The number of ether oxygens (including phenoxy) is 1. The third-order valence-electron chi connectivity index (χ3n) is 4.02. The lowest BCUT2D eigenvalue weighted by Gasteiger charge is -2.12. The molecule has 3 rings (SSSR count). The van der Waals surface area contributed by atoms with Crippen LogP contribution in [0.15, 0.2) is 47.3 Å². The molecule has 0 saturated carbocycles. The lowest BCUT2D eigenvalue weighted by atomic mass is 10.1. The minimum absolute atomic E-state index is 0.0638. The molecule has 27 heavy (non-hydrogen) atoms. The molecule has 8 heteroatoms. The topological polar surface area (TPSA) is 116 Å². The molecule has 0 spiro atoms. The Morgan fingerprint density at radius 3 is 2.56 bits per heavy atom. The molecule has 2 amide bonds. The smallest absolute Gasteiger partial charge is 0.275 e. The summed E-state index contributed by atoms with van der Waals surface area (Å²) in [7, 11) is 1.49. The summed E-state index contributed by atoms with van der Waals surface area (Å²) in [6.07, 6.45) is 0. The molecule has 1 aromatic heterocycles. The maximum absolute atomic E-state index is 12.6. The summed E-state index contributed by atoms with van der Waals surface area (Å²) in [5, 5.41) is 7.29. The number of nitrogens with one attached hydrogen (secondary N) is 1. The Morgan fingerprint density at radius 1 is 1.19 bits per heavy atom. The van der Waals surface area contributed by atoms with Gasteiger partial charge in [0.25, 0.3) is 11.5 Å². The molecule has 0 atom stereocenters. The number of benzene rings is 2. The Morgan fingerprint density at radius 2 is 1.89 bits per heavy atom. The van der Waals surface area contributed by atoms with Crippen molar-refractivity contribution in [1.29, 1.82) is 0 Å². The minimum atomic E-state index is -0.777. The number of nitrogens with two attached hydrogens (primary N) is 1. The molecule has 0 aliphatic heterocycles. The van der Waals surface area contributed by atoms with Crippen LogP contribution in [0.1, 0.15) is 16.1 Å². The minimum Gasteiger partial charge on any atom is -0.495 e. The number of primary amides is 1. The number of rotatable bonds is 5. The molecular weight excluding hydrogens is 348 g/mol. The molecule has 0 bridgehead atoms. The lowest BCUT2D eigenvalue weighted by Crippen LogP contribution is -2.32. The Kier molecular flexibility index (Phi) is 4.89. The maximum atomic E-state index is 12.6. The second-order valence-corrected chi connectivity index (χ2v) is 5.97. The number of anilines is 1. The predicted octanol–water partition coefficient (Wildman–Crippen LogP) is 1.45. The fourth-order valence-corrected chi connectivity index (χ4v) is 2.77. The van der Waals surface area contributed by atoms with Crippen molar-refractivity contribution < 1.29 is 14.3 Å². The van der Waals surface area contributed by atoms with Gasteiger partial charge in [-0.05, 0) is 30.7 Å². The van der Waals surface area contributed by atoms with E-state index < -0.39 is 17.4 Å². The van der Waals surface area contributed by atoms with Crippen LogP contribution in [0, 0.1) is 6.92 Å². The summed E-state index contributed by atoms with van der Waals surface area (Å²) < 4.78 is 6.15. The average Bonchev–Trinajstić information content (AvgIpc) is 2.64. The van der Waals surface area contributed by atoms with Gasteiger partial charge in [0.15, 0.2) is 5.69 Å². The number of methoxy groups -OCH3 is 1. The van der Waals surface area contributed by atoms with Gasteiger partial charge in [0.2, 0.25) is 5.91 Å². The number of hydrogen-bond donors (Lipinski definition) is 2. The third-order valence-corrected chi connectivity index (χ3v) is 4.02. The molecule has 8 nitrogen and oxygen atoms in total. The van der Waals surface area contributed by atoms with E-state index in [-0.39, 0.29) is 17.6 Å². The van der Waals surface area contributed by atoms with Crippen molar-refractivity contribution >= 4 is 28.3 Å². The Hall–Kier alpha value is -3.68. The van der Waals surface area contributed by atoms with Crippen molar-refractivity contribution in [3.63, 3.8) is 0 Å². The Labute approximate surface area is 154 Å². The molecule has 0 unspecified atom stereocenters. The van der Waals surface area contributed by atoms with E-state index in [4.69, 9.17) is 10.5 Å². The summed E-state index contributed by atoms with van der Waals surface area (Å²) in [4.78, 5) is 36.8. The zero-order valence-electron chi connectivity index (χ0n) is 14.9. The van der Waals surface area contributed by atoms with Gasteiger partial charge in [0, 0.05) is 5.39 Å². The van der Waals surface area contributed by atoms with E-state index in [0.717, 1.165) is 10.2 Å². The van der Waals surface area contributed by atoms with E-state index in [2.05, 4.69) is 10.4 Å². The van der Waals surface area contributed by atoms with Crippen LogP contribution >= 0.6 is 0 Å². The number of aromatic nitrogens is 2. The molecule has 1 heterocycles. The fourth-order valence-electron chi connectivity index (χ4n) is 2.77. The highest BCUT2D eigenvalue weighted by Crippen LogP contribution is 2.25. The lowest BCUT2D eigenvalue weighted by molar-refractivity contribution is -0.117. The number of fused-ring (bicyclic) bond motifs is 1. The third kappa shape index (κ3) is 3.64. The zero-order valence-corrected chi connectivity index (χ0v) is 14.9. The molecular formula is C19H18N4O4. The molecule has 0 saturated heterocycles. The second kappa shape index (κ2) is 7.28. The summed E-state index contributed by atoms with van der Waals surface area (Å²) in [5.74, 6) is -0.773. The number of amides is 2. The van der Waals surface area contributed by atoms with E-state index >= 15 is 0 Å². The molecule has 2 aromatic carbocycles. The quantitative estimate of drug-likeness (QED) is 0.709. The molecule has 0 fully saturated rings. The molecule has 3 N–H and O–H groups in total. The highest BCUT2D eigenvalue weighted by Gasteiger charge is 2.16. The standard InChI is InChI=1S/C19H18N4O4/c1-11-7-8-15(27-2)14(9-11)21-16(24)10-23-19(26)13-6-4-3-5-12(13)17(22-23)18(20)25/h3-9H,10H2,1-2H3,(H2,20,25)(H,21,24). The van der Waals surface area contributed by atoms with Gasteiger partial charge in [-0.3, -0.25) is 14.4 Å². The van der Waals surface area contributed by atoms with Crippen molar-refractivity contribution in [2.45, 2.75) is 13.5 Å². The van der Waals surface area contributed by atoms with Crippen molar-refractivity contribution in [3.05, 3.63) is 64.1 Å². The van der Waals surface area contributed by atoms with Gasteiger partial charge in [0.1, 0.15) is 12.3 Å². The summed E-state index contributed by atoms with van der Waals surface area (Å²) >= 11 is 0. The highest BCUT2D eigenvalue weighted by atomic mass is 16.5. The van der Waals surface area contributed by atoms with Gasteiger partial charge >= 0.3 is 0 Å². The molecule has 0 radical (unpaired) electrons. The summed E-state index contributed by atoms with van der Waals surface area (Å²) in [6.45, 7) is 1.50. The van der Waals surface area contributed by atoms with Crippen LogP contribution < -0.4 is 21.3 Å². The summed E-state index contributed by atoms with van der Waals surface area (Å²) in [6, 6.07) is 11.8. The predicted molar refractivity (Wildman–Crippen MR) is 101 cm³/mol. The molecule has 3 aromatic rings. The first-order valence-electron chi connectivity index (χ1n) is 8.15. The van der Waals surface area contributed by atoms with Crippen molar-refractivity contribution in [2.75, 3.05) is 12.4 Å². The van der Waals surface area contributed by atoms with Gasteiger partial charge in [-0.15, -0.1) is 0 Å². The monoisotopic (exact) mass is 366 g/mol. The second-order valence-electron chi connectivity index (χ2n) is 5.97. The van der Waals surface area contributed by atoms with E-state index in [1.54, 1.807) is 36.4 Å². The normalized spacial score (nSPS) is 10.6. The molecule has 138 valence electrons. The van der Waals surface area contributed by atoms with Gasteiger partial charge in [-0.2, -0.15) is 5.10 Å². The van der Waals surface area contributed by atoms with Crippen LogP contribution in [0.25, 0.3) is 10.8 Å². The van der Waals surface area contributed by atoms with Crippen LogP contribution in [-0.2, 0) is 11.3 Å². The van der Waals surface area contributed by atoms with Crippen molar-refractivity contribution in [3.8, 4) is 5.75 Å². The van der Waals surface area contributed by atoms with Crippen LogP contribution in [0.2, 0.25) is 0 Å². The van der Waals surface area contributed by atoms with Crippen LogP contribution in [0.4, 0.5) is 5.69 Å². The summed E-state index contributed by atoms with van der Waals surface area (Å²) in [5.41, 5.74) is 6.24. The number of hydrogen-bond acceptors (Lipinski definition) is 5. The maximum Gasteiger partial charge on any atom is 0.275 e. The SMILES string of the molecule is COc1ccc(C)cc1NC(=O)Cn1nc(C(N)=O)c2ccccc2c1=O. The average molecular weight is 366 g/mol. The van der Waals surface area contributed by atoms with E-state index in [1.807, 2.05) is 13.0 Å². The number of carbonyl (C=O) groups is 2. The largest absolute Gasteiger partial charge is 0.495 e. The first-order chi connectivity index (χ1) is 12.9. The van der Waals surface area contributed by atoms with Crippen LogP contribution in [0.3, 0.4) is 0 Å². The van der Waals surface area contributed by atoms with Crippen molar-refractivity contribution in [2.24, 2.45) is 5.73 Å². The molecule has 0 aliphatic carbocycles. The van der Waals surface area contributed by atoms with Gasteiger partial charge in [0.05, 0.1) is 18.2 Å². The fraction of sp³-hybridized carbons (Fsp3) is 0.158. The molecule has 0 aliphatic rings. The van der Waals surface area contributed by atoms with E-state index in [9.17, 15) is 14.4 Å². The van der Waals surface area contributed by atoms with E-state index in [1.165, 1.54) is 7.11 Å². The number of aryl methyl sites for hydroxylation is 1. The highest BCUT2D eigenvalue weighted by molar-refractivity contribution is 6.04. The van der Waals surface area contributed by atoms with Crippen LogP contribution in [-0.4, -0.2) is 28.7 Å². The van der Waals surface area contributed by atoms with Gasteiger partial charge in [-0.1, -0.05) is 24.3 Å². The van der Waals surface area contributed by atoms with E-state index in [0.29, 0.717) is 16.8 Å². The Balaban J connectivity index is 1.96. The first kappa shape index (κ1) is 18.1. The number of carbonyl (C=O) groups excluding carboxylic acids is 2. The zero-order chi connectivity index (χ0) is 19.6.